The van der Waals surface area contributed by atoms with Crippen LogP contribution in [0.3, 0.4) is 0 Å². The van der Waals surface area contributed by atoms with E-state index in [1.54, 1.807) is 0 Å². The van der Waals surface area contributed by atoms with Crippen LogP contribution in [0.5, 0.6) is 0 Å². The summed E-state index contributed by atoms with van der Waals surface area (Å²) in [6.07, 6.45) is 0. The van der Waals surface area contributed by atoms with Crippen LogP contribution in [0.25, 0.3) is 10.9 Å². The summed E-state index contributed by atoms with van der Waals surface area (Å²) in [6.45, 7) is 4.79. The Labute approximate surface area is 129 Å². The van der Waals surface area contributed by atoms with Gasteiger partial charge < -0.3 is 9.67 Å². The number of aliphatic hydroxyl groups is 1. The predicted octanol–water partition coefficient (Wildman–Crippen LogP) is 4.45. The molecule has 0 saturated heterocycles. The molecule has 0 aliphatic carbocycles. The molecule has 0 saturated carbocycles. The molecule has 1 heterocycles. The van der Waals surface area contributed by atoms with E-state index in [0.717, 1.165) is 16.5 Å². The molecule has 0 amide bonds. The number of fused-ring (bicyclic) bond motifs is 1. The third-order valence-corrected chi connectivity index (χ3v) is 4.31. The van der Waals surface area contributed by atoms with Crippen molar-refractivity contribution in [2.75, 3.05) is 0 Å². The molecule has 0 aliphatic rings. The molecule has 0 radical (unpaired) electrons. The second-order valence-corrected chi connectivity index (χ2v) is 5.88. The molecular formula is C18H18ClNO. The summed E-state index contributed by atoms with van der Waals surface area (Å²) in [5.41, 5.74) is 5.48. The lowest BCUT2D eigenvalue weighted by molar-refractivity contribution is 0.283. The van der Waals surface area contributed by atoms with Gasteiger partial charge >= 0.3 is 0 Å². The first kappa shape index (κ1) is 14.2. The smallest absolute Gasteiger partial charge is 0.115 e. The van der Waals surface area contributed by atoms with Crippen molar-refractivity contribution < 1.29 is 5.11 Å². The predicted molar refractivity (Wildman–Crippen MR) is 87.9 cm³/mol. The topological polar surface area (TPSA) is 25.2 Å². The van der Waals surface area contributed by atoms with Crippen molar-refractivity contribution in [3.05, 3.63) is 69.9 Å². The highest BCUT2D eigenvalue weighted by Gasteiger charge is 2.15. The summed E-state index contributed by atoms with van der Waals surface area (Å²) in [7, 11) is 0. The van der Waals surface area contributed by atoms with Crippen LogP contribution in [0.2, 0.25) is 5.15 Å². The van der Waals surface area contributed by atoms with Crippen molar-refractivity contribution in [1.82, 2.24) is 4.57 Å². The number of hydrogen-bond donors (Lipinski definition) is 1. The van der Waals surface area contributed by atoms with Crippen LogP contribution < -0.4 is 0 Å². The molecule has 0 aliphatic heterocycles. The van der Waals surface area contributed by atoms with Crippen molar-refractivity contribution >= 4 is 22.5 Å². The minimum Gasteiger partial charge on any atom is -0.392 e. The van der Waals surface area contributed by atoms with Gasteiger partial charge in [-0.05, 0) is 31.5 Å². The fourth-order valence-corrected chi connectivity index (χ4v) is 3.00. The van der Waals surface area contributed by atoms with Crippen LogP contribution in [0.1, 0.15) is 22.3 Å². The van der Waals surface area contributed by atoms with Crippen molar-refractivity contribution in [1.29, 1.82) is 0 Å². The van der Waals surface area contributed by atoms with E-state index >= 15 is 0 Å². The molecule has 21 heavy (non-hydrogen) atoms. The zero-order valence-electron chi connectivity index (χ0n) is 12.2. The maximum atomic E-state index is 9.63. The second kappa shape index (κ2) is 5.55. The third-order valence-electron chi connectivity index (χ3n) is 3.87. The first-order chi connectivity index (χ1) is 10.1. The largest absolute Gasteiger partial charge is 0.392 e. The molecule has 0 unspecified atom stereocenters. The lowest BCUT2D eigenvalue weighted by Gasteiger charge is -2.08. The van der Waals surface area contributed by atoms with Crippen LogP contribution >= 0.6 is 11.6 Å². The van der Waals surface area contributed by atoms with Gasteiger partial charge in [0.15, 0.2) is 0 Å². The molecule has 0 atom stereocenters. The fraction of sp³-hybridized carbons (Fsp3) is 0.222. The van der Waals surface area contributed by atoms with Gasteiger partial charge in [-0.1, -0.05) is 53.1 Å². The first-order valence-corrected chi connectivity index (χ1v) is 7.41. The highest BCUT2D eigenvalue weighted by atomic mass is 35.5. The highest BCUT2D eigenvalue weighted by Crippen LogP contribution is 2.31. The molecule has 1 N–H and O–H groups in total. The Kier molecular flexibility index (Phi) is 3.75. The summed E-state index contributed by atoms with van der Waals surface area (Å²) >= 11 is 6.49. The molecule has 3 aromatic rings. The number of halogens is 1. The Morgan fingerprint density at radius 2 is 1.67 bits per heavy atom. The van der Waals surface area contributed by atoms with Gasteiger partial charge in [0.2, 0.25) is 0 Å². The van der Waals surface area contributed by atoms with E-state index in [9.17, 15) is 5.11 Å². The Balaban J connectivity index is 2.13. The molecule has 0 bridgehead atoms. The van der Waals surface area contributed by atoms with Gasteiger partial charge in [0.1, 0.15) is 5.15 Å². The van der Waals surface area contributed by atoms with Gasteiger partial charge in [0.05, 0.1) is 6.61 Å². The monoisotopic (exact) mass is 299 g/mol. The number of hydrogen-bond acceptors (Lipinski definition) is 1. The fourth-order valence-electron chi connectivity index (χ4n) is 2.69. The normalized spacial score (nSPS) is 11.2. The summed E-state index contributed by atoms with van der Waals surface area (Å²) in [4.78, 5) is 0. The van der Waals surface area contributed by atoms with Gasteiger partial charge in [-0.3, -0.25) is 0 Å². The van der Waals surface area contributed by atoms with E-state index in [0.29, 0.717) is 11.7 Å². The number of aromatic nitrogens is 1. The maximum Gasteiger partial charge on any atom is 0.115 e. The molecule has 2 aromatic carbocycles. The average Bonchev–Trinajstić information content (AvgIpc) is 2.73. The van der Waals surface area contributed by atoms with E-state index < -0.39 is 0 Å². The molecule has 0 spiro atoms. The Bertz CT molecular complexity index is 787. The number of aryl methyl sites for hydroxylation is 2. The Morgan fingerprint density at radius 1 is 1.00 bits per heavy atom. The second-order valence-electron chi connectivity index (χ2n) is 5.52. The average molecular weight is 300 g/mol. The van der Waals surface area contributed by atoms with Gasteiger partial charge in [-0.15, -0.1) is 0 Å². The minimum atomic E-state index is -0.0420. The SMILES string of the molecule is Cc1ccc(Cn2c(Cl)c(CO)c3cc(C)ccc32)cc1. The summed E-state index contributed by atoms with van der Waals surface area (Å²) < 4.78 is 2.06. The van der Waals surface area contributed by atoms with Crippen LogP contribution in [-0.4, -0.2) is 9.67 Å². The molecule has 0 fully saturated rings. The lowest BCUT2D eigenvalue weighted by atomic mass is 10.1. The van der Waals surface area contributed by atoms with Crippen molar-refractivity contribution in [2.24, 2.45) is 0 Å². The van der Waals surface area contributed by atoms with Gasteiger partial charge in [-0.25, -0.2) is 0 Å². The van der Waals surface area contributed by atoms with Crippen LogP contribution in [0, 0.1) is 13.8 Å². The number of aliphatic hydroxyl groups excluding tert-OH is 1. The molecule has 2 nitrogen and oxygen atoms in total. The van der Waals surface area contributed by atoms with Crippen molar-refractivity contribution in [3.63, 3.8) is 0 Å². The summed E-state index contributed by atoms with van der Waals surface area (Å²) in [5, 5.41) is 11.3. The molecular weight excluding hydrogens is 282 g/mol. The summed E-state index contributed by atoms with van der Waals surface area (Å²) in [6, 6.07) is 14.7. The number of nitrogens with zero attached hydrogens (tertiary/aromatic N) is 1. The van der Waals surface area contributed by atoms with Gasteiger partial charge in [0, 0.05) is 23.0 Å². The van der Waals surface area contributed by atoms with E-state index in [4.69, 9.17) is 11.6 Å². The first-order valence-electron chi connectivity index (χ1n) is 7.04. The number of benzene rings is 2. The highest BCUT2D eigenvalue weighted by molar-refractivity contribution is 6.32. The van der Waals surface area contributed by atoms with E-state index in [1.807, 2.05) is 6.92 Å². The van der Waals surface area contributed by atoms with Gasteiger partial charge in [0.25, 0.3) is 0 Å². The van der Waals surface area contributed by atoms with Crippen LogP contribution in [0.4, 0.5) is 0 Å². The quantitative estimate of drug-likeness (QED) is 0.759. The molecule has 108 valence electrons. The summed E-state index contributed by atoms with van der Waals surface area (Å²) in [5.74, 6) is 0. The molecule has 3 rings (SSSR count). The molecule has 1 aromatic heterocycles. The van der Waals surface area contributed by atoms with Crippen molar-refractivity contribution in [3.8, 4) is 0 Å². The van der Waals surface area contributed by atoms with E-state index in [-0.39, 0.29) is 6.61 Å². The van der Waals surface area contributed by atoms with E-state index in [2.05, 4.69) is 54.0 Å². The van der Waals surface area contributed by atoms with Crippen LogP contribution in [-0.2, 0) is 13.2 Å². The number of rotatable bonds is 3. The Morgan fingerprint density at radius 3 is 2.33 bits per heavy atom. The Hall–Kier alpha value is -1.77. The zero-order valence-corrected chi connectivity index (χ0v) is 13.0. The molecule has 3 heteroatoms. The van der Waals surface area contributed by atoms with Gasteiger partial charge in [-0.2, -0.15) is 0 Å². The standard InChI is InChI=1S/C18H18ClNO/c1-12-3-6-14(7-4-12)10-20-17-8-5-13(2)9-15(17)16(11-21)18(20)19/h3-9,21H,10-11H2,1-2H3. The maximum absolute atomic E-state index is 9.63. The van der Waals surface area contributed by atoms with Crippen molar-refractivity contribution in [2.45, 2.75) is 27.0 Å². The lowest BCUT2D eigenvalue weighted by Crippen LogP contribution is -2.00. The van der Waals surface area contributed by atoms with E-state index in [1.165, 1.54) is 16.7 Å². The zero-order chi connectivity index (χ0) is 15.0. The third kappa shape index (κ3) is 2.57. The van der Waals surface area contributed by atoms with Crippen LogP contribution in [0.15, 0.2) is 42.5 Å². The minimum absolute atomic E-state index is 0.0420.